The van der Waals surface area contributed by atoms with E-state index in [2.05, 4.69) is 4.74 Å². The Morgan fingerprint density at radius 2 is 1.60 bits per heavy atom. The maximum absolute atomic E-state index is 12.8. The molecular weight excluding hydrogens is 399 g/mol. The molecule has 1 aliphatic heterocycles. The van der Waals surface area contributed by atoms with Crippen molar-refractivity contribution in [2.75, 3.05) is 19.7 Å². The van der Waals surface area contributed by atoms with Gasteiger partial charge in [0.2, 0.25) is 0 Å². The molecule has 0 bridgehead atoms. The largest absolute Gasteiger partial charge is 0.573 e. The number of carbonyl (C=O) groups is 2. The van der Waals surface area contributed by atoms with Crippen molar-refractivity contribution in [1.82, 2.24) is 4.90 Å². The van der Waals surface area contributed by atoms with E-state index in [0.717, 1.165) is 17.7 Å². The minimum atomic E-state index is -4.79. The van der Waals surface area contributed by atoms with Crippen LogP contribution >= 0.6 is 0 Å². The Morgan fingerprint density at radius 3 is 2.13 bits per heavy atom. The van der Waals surface area contributed by atoms with Crippen LogP contribution in [0.2, 0.25) is 0 Å². The van der Waals surface area contributed by atoms with Gasteiger partial charge in [0, 0.05) is 18.7 Å². The SMILES string of the molecule is CCOC(=O)C1(c2ccccc2)CCN(C(=O)c2ccc(OC(F)(F)F)cc2)CC1. The predicted molar refractivity (Wildman–Crippen MR) is 103 cm³/mol. The van der Waals surface area contributed by atoms with Crippen molar-refractivity contribution in [1.29, 1.82) is 0 Å². The summed E-state index contributed by atoms with van der Waals surface area (Å²) in [5.41, 5.74) is 0.287. The molecule has 160 valence electrons. The first kappa shape index (κ1) is 21.7. The number of benzene rings is 2. The van der Waals surface area contributed by atoms with Gasteiger partial charge in [0.1, 0.15) is 5.75 Å². The average Bonchev–Trinajstić information content (AvgIpc) is 2.73. The van der Waals surface area contributed by atoms with Crippen molar-refractivity contribution in [2.24, 2.45) is 0 Å². The van der Waals surface area contributed by atoms with Crippen LogP contribution in [0.3, 0.4) is 0 Å². The van der Waals surface area contributed by atoms with Crippen molar-refractivity contribution >= 4 is 11.9 Å². The van der Waals surface area contributed by atoms with Crippen molar-refractivity contribution in [3.8, 4) is 5.75 Å². The fourth-order valence-electron chi connectivity index (χ4n) is 3.71. The Morgan fingerprint density at radius 1 is 1.00 bits per heavy atom. The maximum atomic E-state index is 12.8. The summed E-state index contributed by atoms with van der Waals surface area (Å²) in [6.45, 7) is 2.67. The van der Waals surface area contributed by atoms with Crippen LogP contribution in [-0.4, -0.2) is 42.8 Å². The minimum Gasteiger partial charge on any atom is -0.465 e. The molecule has 0 radical (unpaired) electrons. The first-order valence-electron chi connectivity index (χ1n) is 9.63. The van der Waals surface area contributed by atoms with E-state index in [9.17, 15) is 22.8 Å². The monoisotopic (exact) mass is 421 g/mol. The molecule has 1 aliphatic rings. The van der Waals surface area contributed by atoms with Gasteiger partial charge in [-0.2, -0.15) is 0 Å². The van der Waals surface area contributed by atoms with Gasteiger partial charge in [-0.1, -0.05) is 30.3 Å². The van der Waals surface area contributed by atoms with Gasteiger partial charge in [-0.3, -0.25) is 9.59 Å². The van der Waals surface area contributed by atoms with Gasteiger partial charge < -0.3 is 14.4 Å². The third-order valence-electron chi connectivity index (χ3n) is 5.23. The zero-order valence-electron chi connectivity index (χ0n) is 16.4. The lowest BCUT2D eigenvalue weighted by Crippen LogP contribution is -2.49. The number of carbonyl (C=O) groups excluding carboxylic acids is 2. The zero-order chi connectivity index (χ0) is 21.8. The Hall–Kier alpha value is -3.03. The fourth-order valence-corrected chi connectivity index (χ4v) is 3.71. The fraction of sp³-hybridized carbons (Fsp3) is 0.364. The summed E-state index contributed by atoms with van der Waals surface area (Å²) in [6.07, 6.45) is -3.99. The third-order valence-corrected chi connectivity index (χ3v) is 5.23. The number of alkyl halides is 3. The van der Waals surface area contributed by atoms with Crippen molar-refractivity contribution in [3.05, 3.63) is 65.7 Å². The summed E-state index contributed by atoms with van der Waals surface area (Å²) in [6, 6.07) is 14.2. The molecule has 0 atom stereocenters. The molecule has 1 heterocycles. The van der Waals surface area contributed by atoms with Gasteiger partial charge in [-0.15, -0.1) is 13.2 Å². The van der Waals surface area contributed by atoms with Crippen molar-refractivity contribution in [2.45, 2.75) is 31.5 Å². The molecule has 0 aliphatic carbocycles. The molecule has 8 heteroatoms. The molecule has 2 aromatic rings. The highest BCUT2D eigenvalue weighted by atomic mass is 19.4. The summed E-state index contributed by atoms with van der Waals surface area (Å²) in [5, 5.41) is 0. The molecule has 1 saturated heterocycles. The summed E-state index contributed by atoms with van der Waals surface area (Å²) in [4.78, 5) is 27.2. The molecule has 5 nitrogen and oxygen atoms in total. The van der Waals surface area contributed by atoms with Gasteiger partial charge in [0.25, 0.3) is 5.91 Å². The molecule has 30 heavy (non-hydrogen) atoms. The van der Waals surface area contributed by atoms with E-state index in [-0.39, 0.29) is 29.8 Å². The van der Waals surface area contributed by atoms with Crippen LogP contribution in [0.4, 0.5) is 13.2 Å². The van der Waals surface area contributed by atoms with E-state index in [1.54, 1.807) is 11.8 Å². The van der Waals surface area contributed by atoms with Crippen LogP contribution in [-0.2, 0) is 14.9 Å². The number of piperidine rings is 1. The number of ether oxygens (including phenoxy) is 2. The van der Waals surface area contributed by atoms with Gasteiger partial charge in [-0.25, -0.2) is 0 Å². The lowest BCUT2D eigenvalue weighted by molar-refractivity contribution is -0.274. The van der Waals surface area contributed by atoms with Crippen LogP contribution in [0, 0.1) is 0 Å². The highest BCUT2D eigenvalue weighted by molar-refractivity contribution is 5.94. The van der Waals surface area contributed by atoms with E-state index in [1.165, 1.54) is 12.1 Å². The quantitative estimate of drug-likeness (QED) is 0.675. The smallest absolute Gasteiger partial charge is 0.465 e. The molecule has 0 N–H and O–H groups in total. The number of amides is 1. The molecule has 0 aromatic heterocycles. The first-order valence-corrected chi connectivity index (χ1v) is 9.63. The normalized spacial score (nSPS) is 16.1. The highest BCUT2D eigenvalue weighted by Gasteiger charge is 2.45. The molecular formula is C22H22F3NO4. The lowest BCUT2D eigenvalue weighted by Gasteiger charge is -2.40. The molecule has 0 spiro atoms. The number of esters is 1. The van der Waals surface area contributed by atoms with E-state index in [0.29, 0.717) is 25.9 Å². The molecule has 1 amide bonds. The number of hydrogen-bond donors (Lipinski definition) is 0. The van der Waals surface area contributed by atoms with Crippen LogP contribution in [0.1, 0.15) is 35.7 Å². The van der Waals surface area contributed by atoms with Gasteiger partial charge in [0.15, 0.2) is 0 Å². The highest BCUT2D eigenvalue weighted by Crippen LogP contribution is 2.37. The topological polar surface area (TPSA) is 55.8 Å². The standard InChI is InChI=1S/C22H22F3NO4/c1-2-29-20(28)21(17-6-4-3-5-7-17)12-14-26(15-13-21)19(27)16-8-10-18(11-9-16)30-22(23,24)25/h3-11H,2,12-15H2,1H3. The summed E-state index contributed by atoms with van der Waals surface area (Å²) in [7, 11) is 0. The maximum Gasteiger partial charge on any atom is 0.573 e. The zero-order valence-corrected chi connectivity index (χ0v) is 16.4. The van der Waals surface area contributed by atoms with Crippen molar-refractivity contribution in [3.63, 3.8) is 0 Å². The number of halogens is 3. The number of rotatable bonds is 5. The summed E-state index contributed by atoms with van der Waals surface area (Å²) in [5.74, 6) is -1.00. The molecule has 0 saturated carbocycles. The second kappa shape index (κ2) is 8.77. The van der Waals surface area contributed by atoms with Crippen LogP contribution < -0.4 is 4.74 Å². The minimum absolute atomic E-state index is 0.257. The van der Waals surface area contributed by atoms with Crippen molar-refractivity contribution < 1.29 is 32.2 Å². The van der Waals surface area contributed by atoms with Crippen LogP contribution in [0.15, 0.2) is 54.6 Å². The van der Waals surface area contributed by atoms with E-state index in [1.807, 2.05) is 30.3 Å². The average molecular weight is 421 g/mol. The lowest BCUT2D eigenvalue weighted by atomic mass is 9.72. The first-order chi connectivity index (χ1) is 14.2. The Kier molecular flexibility index (Phi) is 6.34. The summed E-state index contributed by atoms with van der Waals surface area (Å²) >= 11 is 0. The summed E-state index contributed by atoms with van der Waals surface area (Å²) < 4.78 is 46.0. The molecule has 0 unspecified atom stereocenters. The van der Waals surface area contributed by atoms with Gasteiger partial charge in [-0.05, 0) is 49.6 Å². The number of hydrogen-bond acceptors (Lipinski definition) is 4. The van der Waals surface area contributed by atoms with Crippen LogP contribution in [0.5, 0.6) is 5.75 Å². The second-order valence-corrected chi connectivity index (χ2v) is 7.03. The van der Waals surface area contributed by atoms with Crippen LogP contribution in [0.25, 0.3) is 0 Å². The Bertz CT molecular complexity index is 874. The number of nitrogens with zero attached hydrogens (tertiary/aromatic N) is 1. The molecule has 1 fully saturated rings. The van der Waals surface area contributed by atoms with Gasteiger partial charge in [0.05, 0.1) is 12.0 Å². The van der Waals surface area contributed by atoms with E-state index >= 15 is 0 Å². The molecule has 3 rings (SSSR count). The van der Waals surface area contributed by atoms with E-state index in [4.69, 9.17) is 4.74 Å². The second-order valence-electron chi connectivity index (χ2n) is 7.03. The number of likely N-dealkylation sites (tertiary alicyclic amines) is 1. The van der Waals surface area contributed by atoms with Gasteiger partial charge >= 0.3 is 12.3 Å². The predicted octanol–water partition coefficient (Wildman–Crippen LogP) is 4.32. The van der Waals surface area contributed by atoms with E-state index < -0.39 is 11.8 Å². The third kappa shape index (κ3) is 4.75. The Balaban J connectivity index is 1.72. The molecule has 2 aromatic carbocycles. The Labute approximate surface area is 172 Å².